The first-order valence-corrected chi connectivity index (χ1v) is 7.42. The molecule has 0 unspecified atom stereocenters. The molecule has 10 heteroatoms. The zero-order chi connectivity index (χ0) is 19.5. The summed E-state index contributed by atoms with van der Waals surface area (Å²) in [5.74, 6) is 11.3. The first-order valence-electron chi connectivity index (χ1n) is 7.42. The van der Waals surface area contributed by atoms with Crippen LogP contribution in [0.1, 0.15) is 16.7 Å². The Morgan fingerprint density at radius 3 is 2.54 bits per heavy atom. The van der Waals surface area contributed by atoms with E-state index in [2.05, 4.69) is 4.98 Å². The van der Waals surface area contributed by atoms with Crippen LogP contribution in [-0.4, -0.2) is 23.1 Å². The number of hydrogen-bond acceptors (Lipinski definition) is 5. The molecule has 0 fully saturated rings. The molecule has 1 aromatic carbocycles. The molecule has 0 bridgehead atoms. The zero-order valence-electron chi connectivity index (χ0n) is 14.1. The summed E-state index contributed by atoms with van der Waals surface area (Å²) in [6.45, 7) is 1.27. The van der Waals surface area contributed by atoms with Gasteiger partial charge in [-0.05, 0) is 30.7 Å². The van der Waals surface area contributed by atoms with Gasteiger partial charge in [-0.15, -0.1) is 0 Å². The van der Waals surface area contributed by atoms with Crippen LogP contribution in [0.4, 0.5) is 23.7 Å². The summed E-state index contributed by atoms with van der Waals surface area (Å²) in [6, 6.07) is 4.10. The Labute approximate surface area is 147 Å². The third-order valence-corrected chi connectivity index (χ3v) is 3.59. The number of carbonyl (C=O) groups excluding carboxylic acids is 1. The number of pyridine rings is 1. The van der Waals surface area contributed by atoms with Gasteiger partial charge in [0.1, 0.15) is 12.4 Å². The molecule has 2 aromatic rings. The Balaban J connectivity index is 2.46. The summed E-state index contributed by atoms with van der Waals surface area (Å²) in [5.41, 5.74) is -0.711. The molecular formula is C16H18F3N5O2. The predicted octanol–water partition coefficient (Wildman–Crippen LogP) is 2.59. The van der Waals surface area contributed by atoms with Gasteiger partial charge in [0.2, 0.25) is 0 Å². The van der Waals surface area contributed by atoms with Gasteiger partial charge in [-0.1, -0.05) is 6.07 Å². The SMILES string of the molecule is Cc1ccncc1OCc1c(N(N)C(=O)N(C)N)cccc1C(F)(F)F. The van der Waals surface area contributed by atoms with Crippen molar-refractivity contribution in [2.75, 3.05) is 12.1 Å². The first kappa shape index (κ1) is 19.5. The summed E-state index contributed by atoms with van der Waals surface area (Å²) in [4.78, 5) is 15.8. The topological polar surface area (TPSA) is 97.7 Å². The molecule has 4 N–H and O–H groups in total. The Morgan fingerprint density at radius 2 is 1.96 bits per heavy atom. The molecule has 0 saturated carbocycles. The molecule has 0 atom stereocenters. The second kappa shape index (κ2) is 7.58. The third-order valence-electron chi connectivity index (χ3n) is 3.59. The van der Waals surface area contributed by atoms with Crippen LogP contribution in [0.15, 0.2) is 36.7 Å². The van der Waals surface area contributed by atoms with E-state index in [0.717, 1.165) is 12.1 Å². The van der Waals surface area contributed by atoms with Crippen LogP contribution in [-0.2, 0) is 12.8 Å². The number of hydrazine groups is 2. The van der Waals surface area contributed by atoms with Crippen molar-refractivity contribution in [2.24, 2.45) is 11.7 Å². The third kappa shape index (κ3) is 4.21. The Bertz CT molecular complexity index is 796. The second-order valence-electron chi connectivity index (χ2n) is 5.49. The molecule has 0 spiro atoms. The van der Waals surface area contributed by atoms with E-state index in [0.29, 0.717) is 21.3 Å². The smallest absolute Gasteiger partial charge is 0.416 e. The molecule has 1 heterocycles. The number of nitrogens with zero attached hydrogens (tertiary/aromatic N) is 3. The van der Waals surface area contributed by atoms with Gasteiger partial charge in [-0.3, -0.25) is 9.99 Å². The van der Waals surface area contributed by atoms with Gasteiger partial charge in [-0.25, -0.2) is 21.5 Å². The molecule has 140 valence electrons. The monoisotopic (exact) mass is 369 g/mol. The fourth-order valence-corrected chi connectivity index (χ4v) is 2.24. The summed E-state index contributed by atoms with van der Waals surface area (Å²) in [6.07, 6.45) is -1.73. The minimum Gasteiger partial charge on any atom is -0.487 e. The molecule has 0 radical (unpaired) electrons. The molecule has 0 saturated heterocycles. The van der Waals surface area contributed by atoms with Gasteiger partial charge in [0.05, 0.1) is 17.4 Å². The fraction of sp³-hybridized carbons (Fsp3) is 0.250. The molecule has 2 rings (SSSR count). The number of amides is 2. The van der Waals surface area contributed by atoms with E-state index in [-0.39, 0.29) is 11.3 Å². The Kier molecular flexibility index (Phi) is 5.68. The number of anilines is 1. The number of nitrogens with two attached hydrogens (primary N) is 2. The number of alkyl halides is 3. The van der Waals surface area contributed by atoms with Crippen molar-refractivity contribution < 1.29 is 22.7 Å². The number of aryl methyl sites for hydroxylation is 1. The summed E-state index contributed by atoms with van der Waals surface area (Å²) < 4.78 is 45.7. The Hall–Kier alpha value is -2.85. The second-order valence-corrected chi connectivity index (χ2v) is 5.49. The van der Waals surface area contributed by atoms with E-state index < -0.39 is 24.4 Å². The summed E-state index contributed by atoms with van der Waals surface area (Å²) in [5, 5.41) is 1.21. The molecule has 0 aliphatic rings. The van der Waals surface area contributed by atoms with E-state index in [9.17, 15) is 18.0 Å². The van der Waals surface area contributed by atoms with Gasteiger partial charge >= 0.3 is 12.2 Å². The van der Waals surface area contributed by atoms with Crippen LogP contribution in [0.5, 0.6) is 5.75 Å². The van der Waals surface area contributed by atoms with Crippen molar-refractivity contribution >= 4 is 11.7 Å². The van der Waals surface area contributed by atoms with Crippen molar-refractivity contribution in [3.63, 3.8) is 0 Å². The maximum atomic E-state index is 13.4. The van der Waals surface area contributed by atoms with E-state index in [1.807, 2.05) is 0 Å². The molecule has 0 aliphatic heterocycles. The van der Waals surface area contributed by atoms with Crippen LogP contribution < -0.4 is 21.4 Å². The summed E-state index contributed by atoms with van der Waals surface area (Å²) >= 11 is 0. The summed E-state index contributed by atoms with van der Waals surface area (Å²) in [7, 11) is 1.23. The molecule has 1 aromatic heterocycles. The molecule has 0 aliphatic carbocycles. The van der Waals surface area contributed by atoms with Crippen LogP contribution in [0, 0.1) is 6.92 Å². The fourth-order valence-electron chi connectivity index (χ4n) is 2.24. The lowest BCUT2D eigenvalue weighted by Gasteiger charge is -2.25. The van der Waals surface area contributed by atoms with Gasteiger partial charge in [-0.2, -0.15) is 13.2 Å². The van der Waals surface area contributed by atoms with Crippen LogP contribution >= 0.6 is 0 Å². The van der Waals surface area contributed by atoms with E-state index >= 15 is 0 Å². The largest absolute Gasteiger partial charge is 0.487 e. The van der Waals surface area contributed by atoms with E-state index in [1.54, 1.807) is 13.0 Å². The highest BCUT2D eigenvalue weighted by Gasteiger charge is 2.35. The first-order chi connectivity index (χ1) is 12.1. The predicted molar refractivity (Wildman–Crippen MR) is 88.8 cm³/mol. The van der Waals surface area contributed by atoms with Gasteiger partial charge in [0.15, 0.2) is 0 Å². The van der Waals surface area contributed by atoms with E-state index in [4.69, 9.17) is 16.4 Å². The highest BCUT2D eigenvalue weighted by Crippen LogP contribution is 2.36. The minimum absolute atomic E-state index is 0.163. The number of hydrogen-bond donors (Lipinski definition) is 2. The van der Waals surface area contributed by atoms with Crippen molar-refractivity contribution in [3.8, 4) is 5.75 Å². The minimum atomic E-state index is -4.66. The van der Waals surface area contributed by atoms with Crippen molar-refractivity contribution in [2.45, 2.75) is 19.7 Å². The number of carbonyl (C=O) groups is 1. The van der Waals surface area contributed by atoms with E-state index in [1.165, 1.54) is 25.5 Å². The number of aromatic nitrogens is 1. The number of rotatable bonds is 4. The average molecular weight is 369 g/mol. The van der Waals surface area contributed by atoms with Crippen molar-refractivity contribution in [1.82, 2.24) is 9.99 Å². The standard InChI is InChI=1S/C16H18F3N5O2/c1-10-6-7-22-8-14(10)26-9-11-12(16(17,18)19)4-3-5-13(11)24(21)15(25)23(2)20/h3-8H,9,20-21H2,1-2H3. The van der Waals surface area contributed by atoms with Crippen LogP contribution in [0.25, 0.3) is 0 Å². The number of halogens is 3. The van der Waals surface area contributed by atoms with Gasteiger partial charge < -0.3 is 4.74 Å². The number of urea groups is 1. The van der Waals surface area contributed by atoms with Crippen molar-refractivity contribution in [3.05, 3.63) is 53.3 Å². The van der Waals surface area contributed by atoms with Gasteiger partial charge in [0.25, 0.3) is 0 Å². The number of benzene rings is 1. The van der Waals surface area contributed by atoms with Crippen LogP contribution in [0.3, 0.4) is 0 Å². The normalized spacial score (nSPS) is 11.2. The molecule has 7 nitrogen and oxygen atoms in total. The van der Waals surface area contributed by atoms with Gasteiger partial charge in [0, 0.05) is 18.8 Å². The number of ether oxygens (including phenoxy) is 1. The van der Waals surface area contributed by atoms with Crippen molar-refractivity contribution in [1.29, 1.82) is 0 Å². The average Bonchev–Trinajstić information content (AvgIpc) is 2.58. The lowest BCUT2D eigenvalue weighted by atomic mass is 10.0. The molecular weight excluding hydrogens is 351 g/mol. The maximum Gasteiger partial charge on any atom is 0.416 e. The lowest BCUT2D eigenvalue weighted by Crippen LogP contribution is -2.49. The Morgan fingerprint density at radius 1 is 1.27 bits per heavy atom. The maximum absolute atomic E-state index is 13.4. The van der Waals surface area contributed by atoms with Crippen LogP contribution in [0.2, 0.25) is 0 Å². The highest BCUT2D eigenvalue weighted by atomic mass is 19.4. The molecule has 2 amide bonds. The molecule has 26 heavy (non-hydrogen) atoms. The zero-order valence-corrected chi connectivity index (χ0v) is 14.1. The quantitative estimate of drug-likeness (QED) is 0.490. The lowest BCUT2D eigenvalue weighted by molar-refractivity contribution is -0.138. The highest BCUT2D eigenvalue weighted by molar-refractivity contribution is 5.91.